The van der Waals surface area contributed by atoms with E-state index in [9.17, 15) is 4.79 Å². The molecule has 4 heterocycles. The number of nitrogens with zero attached hydrogens (tertiary/aromatic N) is 6. The molecular weight excluding hydrogens is 340 g/mol. The summed E-state index contributed by atoms with van der Waals surface area (Å²) in [6, 6.07) is 3.65. The van der Waals surface area contributed by atoms with Crippen LogP contribution in [0.4, 0.5) is 0 Å². The molecule has 0 saturated heterocycles. The van der Waals surface area contributed by atoms with Crippen LogP contribution in [0.25, 0.3) is 16.3 Å². The third-order valence-corrected chi connectivity index (χ3v) is 4.43. The van der Waals surface area contributed by atoms with E-state index in [2.05, 4.69) is 20.1 Å². The molecule has 0 aliphatic carbocycles. The molecule has 1 amide bonds. The van der Waals surface area contributed by atoms with Gasteiger partial charge in [0.1, 0.15) is 0 Å². The number of pyridine rings is 1. The predicted molar refractivity (Wildman–Crippen MR) is 90.8 cm³/mol. The fourth-order valence-corrected chi connectivity index (χ4v) is 3.09. The number of carbonyl (C=O) groups is 1. The van der Waals surface area contributed by atoms with Gasteiger partial charge in [-0.1, -0.05) is 5.16 Å². The Kier molecular flexibility index (Phi) is 3.98. The fourth-order valence-electron chi connectivity index (χ4n) is 2.37. The van der Waals surface area contributed by atoms with Crippen molar-refractivity contribution in [1.82, 2.24) is 29.4 Å². The molecule has 9 heteroatoms. The highest BCUT2D eigenvalue weighted by Crippen LogP contribution is 2.15. The maximum absolute atomic E-state index is 12.4. The first kappa shape index (κ1) is 15.5. The average molecular weight is 354 g/mol. The van der Waals surface area contributed by atoms with Gasteiger partial charge in [-0.05, 0) is 12.1 Å². The summed E-state index contributed by atoms with van der Waals surface area (Å²) in [6.07, 6.45) is 7.35. The van der Waals surface area contributed by atoms with Gasteiger partial charge in [0.25, 0.3) is 0 Å². The number of hydrogen-bond acceptors (Lipinski definition) is 7. The second-order valence-electron chi connectivity index (χ2n) is 5.51. The zero-order chi connectivity index (χ0) is 17.2. The lowest BCUT2D eigenvalue weighted by atomic mass is 10.3. The Bertz CT molecular complexity index is 977. The highest BCUT2D eigenvalue weighted by Gasteiger charge is 2.16. The number of carbonyl (C=O) groups excluding carboxylic acids is 1. The van der Waals surface area contributed by atoms with Gasteiger partial charge in [-0.25, -0.2) is 4.98 Å². The van der Waals surface area contributed by atoms with E-state index in [1.807, 2.05) is 28.2 Å². The van der Waals surface area contributed by atoms with Gasteiger partial charge in [0, 0.05) is 42.8 Å². The lowest BCUT2D eigenvalue weighted by Crippen LogP contribution is -2.28. The Morgan fingerprint density at radius 1 is 1.40 bits per heavy atom. The molecule has 0 spiro atoms. The molecule has 0 N–H and O–H groups in total. The second kappa shape index (κ2) is 6.44. The van der Waals surface area contributed by atoms with Crippen LogP contribution in [-0.2, 0) is 17.8 Å². The number of imidazole rings is 1. The van der Waals surface area contributed by atoms with Crippen LogP contribution in [0.15, 0.2) is 46.8 Å². The van der Waals surface area contributed by atoms with Gasteiger partial charge in [0.05, 0.1) is 18.7 Å². The number of likely N-dealkylation sites (N-methyl/N-ethyl adjacent to an activating group) is 1. The van der Waals surface area contributed by atoms with Gasteiger partial charge in [0.2, 0.25) is 17.6 Å². The van der Waals surface area contributed by atoms with Crippen molar-refractivity contribution in [3.8, 4) is 11.4 Å². The molecule has 4 rings (SSSR count). The molecule has 0 bridgehead atoms. The van der Waals surface area contributed by atoms with Crippen LogP contribution >= 0.6 is 11.3 Å². The molecule has 4 aromatic rings. The minimum Gasteiger partial charge on any atom is -0.337 e. The minimum atomic E-state index is -0.0631. The quantitative estimate of drug-likeness (QED) is 0.545. The van der Waals surface area contributed by atoms with Crippen molar-refractivity contribution in [2.75, 3.05) is 7.05 Å². The van der Waals surface area contributed by atoms with Gasteiger partial charge in [-0.3, -0.25) is 14.2 Å². The highest BCUT2D eigenvalue weighted by atomic mass is 32.1. The van der Waals surface area contributed by atoms with Gasteiger partial charge in [-0.2, -0.15) is 4.98 Å². The van der Waals surface area contributed by atoms with Gasteiger partial charge in [0.15, 0.2) is 4.96 Å². The molecule has 4 aromatic heterocycles. The molecule has 0 aliphatic heterocycles. The summed E-state index contributed by atoms with van der Waals surface area (Å²) in [6.45, 7) is 0.244. The van der Waals surface area contributed by atoms with E-state index in [1.165, 1.54) is 11.3 Å². The predicted octanol–water partition coefficient (Wildman–Crippen LogP) is 2.04. The monoisotopic (exact) mass is 354 g/mol. The number of rotatable bonds is 5. The molecule has 0 fully saturated rings. The molecule has 0 unspecified atom stereocenters. The zero-order valence-electron chi connectivity index (χ0n) is 13.4. The summed E-state index contributed by atoms with van der Waals surface area (Å²) in [5.74, 6) is 0.769. The number of aromatic nitrogens is 5. The van der Waals surface area contributed by atoms with Crippen molar-refractivity contribution < 1.29 is 9.32 Å². The molecule has 0 aromatic carbocycles. The summed E-state index contributed by atoms with van der Waals surface area (Å²) < 4.78 is 7.13. The van der Waals surface area contributed by atoms with Crippen LogP contribution < -0.4 is 0 Å². The van der Waals surface area contributed by atoms with Crippen LogP contribution in [0, 0.1) is 0 Å². The van der Waals surface area contributed by atoms with Crippen LogP contribution in [0.1, 0.15) is 11.6 Å². The van der Waals surface area contributed by atoms with Gasteiger partial charge < -0.3 is 9.42 Å². The van der Waals surface area contributed by atoms with E-state index in [0.717, 1.165) is 16.2 Å². The minimum absolute atomic E-state index is 0.0631. The Morgan fingerprint density at radius 3 is 3.12 bits per heavy atom. The van der Waals surface area contributed by atoms with Crippen molar-refractivity contribution in [3.05, 3.63) is 53.9 Å². The summed E-state index contributed by atoms with van der Waals surface area (Å²) in [7, 11) is 1.70. The van der Waals surface area contributed by atoms with Crippen molar-refractivity contribution in [3.63, 3.8) is 0 Å². The Balaban J connectivity index is 1.41. The number of fused-ring (bicyclic) bond motifs is 1. The van der Waals surface area contributed by atoms with Crippen molar-refractivity contribution in [2.45, 2.75) is 13.0 Å². The van der Waals surface area contributed by atoms with Crippen LogP contribution in [-0.4, -0.2) is 42.4 Å². The maximum atomic E-state index is 12.4. The first-order chi connectivity index (χ1) is 12.2. The number of amides is 1. The largest absolute Gasteiger partial charge is 0.337 e. The lowest BCUT2D eigenvalue weighted by molar-refractivity contribution is -0.130. The molecular formula is C16H14N6O2S. The topological polar surface area (TPSA) is 89.4 Å². The van der Waals surface area contributed by atoms with Gasteiger partial charge in [-0.15, -0.1) is 11.3 Å². The fraction of sp³-hybridized carbons (Fsp3) is 0.188. The average Bonchev–Trinajstić information content (AvgIpc) is 3.32. The van der Waals surface area contributed by atoms with E-state index in [4.69, 9.17) is 4.52 Å². The highest BCUT2D eigenvalue weighted by molar-refractivity contribution is 7.15. The van der Waals surface area contributed by atoms with Crippen molar-refractivity contribution in [1.29, 1.82) is 0 Å². The van der Waals surface area contributed by atoms with E-state index in [1.54, 1.807) is 30.4 Å². The molecule has 0 saturated carbocycles. The van der Waals surface area contributed by atoms with E-state index < -0.39 is 0 Å². The number of hydrogen-bond donors (Lipinski definition) is 0. The SMILES string of the molecule is CN(Cc1nc(-c2cccnc2)no1)C(=O)Cc1cn2ccsc2n1. The van der Waals surface area contributed by atoms with E-state index >= 15 is 0 Å². The normalized spacial score (nSPS) is 11.1. The Labute approximate surface area is 146 Å². The summed E-state index contributed by atoms with van der Waals surface area (Å²) >= 11 is 1.54. The third kappa shape index (κ3) is 3.26. The van der Waals surface area contributed by atoms with Crippen molar-refractivity contribution in [2.24, 2.45) is 0 Å². The number of thiazole rings is 1. The standard InChI is InChI=1S/C16H14N6O2S/c1-21(14(23)7-12-9-22-5-6-25-16(22)18-12)10-13-19-15(20-24-13)11-3-2-4-17-8-11/h2-6,8-9H,7,10H2,1H3. The van der Waals surface area contributed by atoms with Crippen LogP contribution in [0.3, 0.4) is 0 Å². The molecule has 0 atom stereocenters. The lowest BCUT2D eigenvalue weighted by Gasteiger charge is -2.13. The summed E-state index contributed by atoms with van der Waals surface area (Å²) in [5, 5.41) is 5.88. The molecule has 8 nitrogen and oxygen atoms in total. The van der Waals surface area contributed by atoms with E-state index in [-0.39, 0.29) is 18.9 Å². The first-order valence-electron chi connectivity index (χ1n) is 7.57. The Hall–Kier alpha value is -3.07. The Morgan fingerprint density at radius 2 is 2.32 bits per heavy atom. The zero-order valence-corrected chi connectivity index (χ0v) is 14.2. The second-order valence-corrected chi connectivity index (χ2v) is 6.38. The van der Waals surface area contributed by atoms with E-state index in [0.29, 0.717) is 11.7 Å². The molecule has 25 heavy (non-hydrogen) atoms. The van der Waals surface area contributed by atoms with Crippen LogP contribution in [0.2, 0.25) is 0 Å². The smallest absolute Gasteiger partial charge is 0.246 e. The molecule has 0 aliphatic rings. The molecule has 126 valence electrons. The maximum Gasteiger partial charge on any atom is 0.246 e. The first-order valence-corrected chi connectivity index (χ1v) is 8.45. The molecule has 0 radical (unpaired) electrons. The van der Waals surface area contributed by atoms with Crippen molar-refractivity contribution >= 4 is 22.2 Å². The van der Waals surface area contributed by atoms with Crippen LogP contribution in [0.5, 0.6) is 0 Å². The summed E-state index contributed by atoms with van der Waals surface area (Å²) in [4.78, 5) is 27.6. The third-order valence-electron chi connectivity index (χ3n) is 3.66. The van der Waals surface area contributed by atoms with Gasteiger partial charge >= 0.3 is 0 Å². The summed E-state index contributed by atoms with van der Waals surface area (Å²) in [5.41, 5.74) is 1.51.